The summed E-state index contributed by atoms with van der Waals surface area (Å²) in [6, 6.07) is 11.0. The van der Waals surface area contributed by atoms with E-state index in [1.807, 2.05) is 0 Å². The second kappa shape index (κ2) is 11.4. The number of carbonyl (C=O) groups excluding carboxylic acids is 3. The van der Waals surface area contributed by atoms with Gasteiger partial charge in [0, 0.05) is 54.1 Å². The van der Waals surface area contributed by atoms with Crippen molar-refractivity contribution in [2.24, 2.45) is 0 Å². The van der Waals surface area contributed by atoms with E-state index in [1.165, 1.54) is 19.5 Å². The van der Waals surface area contributed by atoms with Gasteiger partial charge < -0.3 is 9.64 Å². The van der Waals surface area contributed by atoms with Crippen LogP contribution in [0.5, 0.6) is 5.75 Å². The number of hydrogen-bond donors (Lipinski definition) is 1. The van der Waals surface area contributed by atoms with Crippen molar-refractivity contribution in [3.05, 3.63) is 106 Å². The van der Waals surface area contributed by atoms with Crippen molar-refractivity contribution in [3.63, 3.8) is 0 Å². The van der Waals surface area contributed by atoms with Gasteiger partial charge in [-0.1, -0.05) is 23.7 Å². The van der Waals surface area contributed by atoms with Crippen molar-refractivity contribution < 1.29 is 19.1 Å². The van der Waals surface area contributed by atoms with Crippen molar-refractivity contribution >= 4 is 35.1 Å². The molecule has 0 aliphatic carbocycles. The molecule has 0 radical (unpaired) electrons. The zero-order valence-corrected chi connectivity index (χ0v) is 21.6. The van der Waals surface area contributed by atoms with Crippen LogP contribution < -0.4 is 10.1 Å². The number of methoxy groups -OCH3 is 1. The Balaban J connectivity index is 1.39. The summed E-state index contributed by atoms with van der Waals surface area (Å²) in [5.74, 6) is -0.170. The number of fused-ring (bicyclic) bond motifs is 1. The first-order valence-corrected chi connectivity index (χ1v) is 12.4. The summed E-state index contributed by atoms with van der Waals surface area (Å²) in [6.45, 7) is 0.154. The Morgan fingerprint density at radius 1 is 1.05 bits per heavy atom. The Bertz CT molecular complexity index is 1510. The Kier molecular flexibility index (Phi) is 7.55. The third-order valence-electron chi connectivity index (χ3n) is 6.35. The van der Waals surface area contributed by atoms with E-state index < -0.39 is 6.04 Å². The van der Waals surface area contributed by atoms with Gasteiger partial charge in [-0.05, 0) is 41.5 Å². The maximum Gasteiger partial charge on any atom is 0.258 e. The van der Waals surface area contributed by atoms with E-state index in [1.54, 1.807) is 66.0 Å². The molecular formula is C28H23ClN6O4. The van der Waals surface area contributed by atoms with Crippen molar-refractivity contribution in [3.8, 4) is 5.75 Å². The number of nitrogens with one attached hydrogen (secondary N) is 1. The van der Waals surface area contributed by atoms with E-state index in [-0.39, 0.29) is 42.9 Å². The number of rotatable bonds is 7. The minimum Gasteiger partial charge on any atom is -0.494 e. The van der Waals surface area contributed by atoms with Crippen LogP contribution in [0.3, 0.4) is 0 Å². The highest BCUT2D eigenvalue weighted by atomic mass is 35.5. The zero-order valence-electron chi connectivity index (χ0n) is 20.9. The summed E-state index contributed by atoms with van der Waals surface area (Å²) in [6.07, 6.45) is 7.90. The summed E-state index contributed by atoms with van der Waals surface area (Å²) in [4.78, 5) is 57.9. The first-order chi connectivity index (χ1) is 18.9. The third-order valence-corrected chi connectivity index (χ3v) is 6.58. The van der Waals surface area contributed by atoms with Gasteiger partial charge in [-0.3, -0.25) is 29.7 Å². The van der Waals surface area contributed by atoms with Gasteiger partial charge in [0.15, 0.2) is 11.5 Å². The minimum absolute atomic E-state index is 0.0790. The molecule has 4 aromatic rings. The van der Waals surface area contributed by atoms with E-state index >= 15 is 0 Å². The molecule has 0 spiro atoms. The normalized spacial score (nSPS) is 14.9. The number of ketones is 1. The topological polar surface area (TPSA) is 127 Å². The highest BCUT2D eigenvalue weighted by Gasteiger charge is 2.35. The van der Waals surface area contributed by atoms with Crippen molar-refractivity contribution in [2.75, 3.05) is 12.4 Å². The number of halogens is 1. The highest BCUT2D eigenvalue weighted by molar-refractivity contribution is 6.30. The predicted molar refractivity (Wildman–Crippen MR) is 143 cm³/mol. The van der Waals surface area contributed by atoms with Gasteiger partial charge in [-0.2, -0.15) is 0 Å². The fraction of sp³-hybridized carbons (Fsp3) is 0.179. The van der Waals surface area contributed by atoms with E-state index in [9.17, 15) is 14.4 Å². The number of carbonyl (C=O) groups is 3. The maximum atomic E-state index is 13.7. The minimum atomic E-state index is -0.754. The van der Waals surface area contributed by atoms with E-state index in [0.29, 0.717) is 33.2 Å². The van der Waals surface area contributed by atoms with Gasteiger partial charge in [-0.25, -0.2) is 9.97 Å². The fourth-order valence-electron chi connectivity index (χ4n) is 4.35. The number of benzene rings is 2. The summed E-state index contributed by atoms with van der Waals surface area (Å²) in [7, 11) is 1.50. The van der Waals surface area contributed by atoms with Gasteiger partial charge >= 0.3 is 0 Å². The van der Waals surface area contributed by atoms with Crippen LogP contribution in [0.1, 0.15) is 37.5 Å². The third kappa shape index (κ3) is 5.91. The van der Waals surface area contributed by atoms with Crippen LogP contribution in [0.2, 0.25) is 5.02 Å². The number of ether oxygens (including phenoxy) is 1. The lowest BCUT2D eigenvalue weighted by atomic mass is 9.99. The Morgan fingerprint density at radius 2 is 1.82 bits per heavy atom. The summed E-state index contributed by atoms with van der Waals surface area (Å²) >= 11 is 6.16. The molecule has 1 aliphatic heterocycles. The maximum absolute atomic E-state index is 13.7. The molecule has 1 N–H and O–H groups in total. The molecule has 2 aromatic carbocycles. The van der Waals surface area contributed by atoms with Gasteiger partial charge in [0.25, 0.3) is 11.8 Å². The monoisotopic (exact) mass is 542 g/mol. The molecule has 3 heterocycles. The Morgan fingerprint density at radius 3 is 2.51 bits per heavy atom. The Hall–Kier alpha value is -4.70. The molecule has 1 atom stereocenters. The van der Waals surface area contributed by atoms with Crippen molar-refractivity contribution in [1.29, 1.82) is 0 Å². The van der Waals surface area contributed by atoms with Crippen LogP contribution in [0.15, 0.2) is 73.4 Å². The molecule has 1 aliphatic rings. The summed E-state index contributed by atoms with van der Waals surface area (Å²) in [5, 5.41) is 3.09. The lowest BCUT2D eigenvalue weighted by Gasteiger charge is -2.29. The second-order valence-electron chi connectivity index (χ2n) is 8.89. The lowest BCUT2D eigenvalue weighted by Crippen LogP contribution is -2.45. The molecule has 2 aromatic heterocycles. The quantitative estimate of drug-likeness (QED) is 0.375. The molecule has 11 heteroatoms. The SMILES string of the molecule is COc1cnc(NC(=O)c2ccc(CN3C(=O)c4ccc(Cl)cc4CC(=O)[C@H]3Cc3cnccn3)cc2)nc1. The van der Waals surface area contributed by atoms with E-state index in [2.05, 4.69) is 25.3 Å². The molecule has 5 rings (SSSR count). The van der Waals surface area contributed by atoms with E-state index in [4.69, 9.17) is 16.3 Å². The van der Waals surface area contributed by atoms with E-state index in [0.717, 1.165) is 5.56 Å². The Labute approximate surface area is 229 Å². The van der Waals surface area contributed by atoms with Crippen molar-refractivity contribution in [1.82, 2.24) is 24.8 Å². The molecule has 39 heavy (non-hydrogen) atoms. The van der Waals surface area contributed by atoms with Crippen LogP contribution in [0.25, 0.3) is 0 Å². The zero-order chi connectivity index (χ0) is 27.4. The number of aromatic nitrogens is 4. The number of Topliss-reactive ketones (excluding diaryl/α,β-unsaturated/α-hetero) is 1. The number of nitrogens with zero attached hydrogens (tertiary/aromatic N) is 5. The molecule has 0 saturated heterocycles. The second-order valence-corrected chi connectivity index (χ2v) is 9.33. The molecular weight excluding hydrogens is 520 g/mol. The van der Waals surface area contributed by atoms with Gasteiger partial charge in [-0.15, -0.1) is 0 Å². The molecule has 2 amide bonds. The van der Waals surface area contributed by atoms with Gasteiger partial charge in [0.1, 0.15) is 0 Å². The van der Waals surface area contributed by atoms with Crippen LogP contribution in [0.4, 0.5) is 5.95 Å². The van der Waals surface area contributed by atoms with Crippen LogP contribution in [-0.4, -0.2) is 55.6 Å². The number of amides is 2. The molecule has 0 unspecified atom stereocenters. The summed E-state index contributed by atoms with van der Waals surface area (Å²) < 4.78 is 5.02. The number of anilines is 1. The molecule has 0 saturated carbocycles. The molecule has 0 bridgehead atoms. The van der Waals surface area contributed by atoms with Crippen LogP contribution in [-0.2, 0) is 24.2 Å². The smallest absolute Gasteiger partial charge is 0.258 e. The highest BCUT2D eigenvalue weighted by Crippen LogP contribution is 2.27. The predicted octanol–water partition coefficient (Wildman–Crippen LogP) is 3.56. The average Bonchev–Trinajstić information content (AvgIpc) is 3.04. The van der Waals surface area contributed by atoms with Crippen LogP contribution in [0, 0.1) is 0 Å². The standard InChI is InChI=1S/C28H23ClN6O4/c1-39-22-14-32-28(33-15-22)34-26(37)18-4-2-17(3-5-18)16-35-24(12-21-13-30-8-9-31-21)25(36)11-19-10-20(29)6-7-23(19)27(35)38/h2-10,13-15,24H,11-12,16H2,1H3,(H,32,33,34,37)/t24-/m1/s1. The fourth-order valence-corrected chi connectivity index (χ4v) is 4.55. The van der Waals surface area contributed by atoms with Crippen LogP contribution >= 0.6 is 11.6 Å². The molecule has 0 fully saturated rings. The summed E-state index contributed by atoms with van der Waals surface area (Å²) in [5.41, 5.74) is 2.76. The molecule has 10 nitrogen and oxygen atoms in total. The molecule has 196 valence electrons. The van der Waals surface area contributed by atoms with Crippen molar-refractivity contribution in [2.45, 2.75) is 25.4 Å². The number of hydrogen-bond acceptors (Lipinski definition) is 8. The largest absolute Gasteiger partial charge is 0.494 e. The first-order valence-electron chi connectivity index (χ1n) is 12.0. The van der Waals surface area contributed by atoms with Gasteiger partial charge in [0.2, 0.25) is 5.95 Å². The average molecular weight is 543 g/mol. The lowest BCUT2D eigenvalue weighted by molar-refractivity contribution is -0.122. The first kappa shape index (κ1) is 25.9. The van der Waals surface area contributed by atoms with Gasteiger partial charge in [0.05, 0.1) is 31.2 Å².